The molecule has 3 heterocycles. The molecule has 2 aromatic rings. The van der Waals surface area contributed by atoms with Crippen molar-refractivity contribution in [3.8, 4) is 5.75 Å². The van der Waals surface area contributed by atoms with Gasteiger partial charge in [0.1, 0.15) is 12.0 Å². The summed E-state index contributed by atoms with van der Waals surface area (Å²) in [4.78, 5) is 30.9. The van der Waals surface area contributed by atoms with Crippen molar-refractivity contribution in [2.24, 2.45) is 10.7 Å². The largest absolute Gasteiger partial charge is 0.497 e. The van der Waals surface area contributed by atoms with Gasteiger partial charge in [0.25, 0.3) is 0 Å². The van der Waals surface area contributed by atoms with Gasteiger partial charge < -0.3 is 15.2 Å². The Morgan fingerprint density at radius 2 is 1.95 bits per heavy atom. The number of likely N-dealkylation sites (tertiary alicyclic amines) is 1. The van der Waals surface area contributed by atoms with Gasteiger partial charge in [0.15, 0.2) is 0 Å². The van der Waals surface area contributed by atoms with E-state index in [0.29, 0.717) is 24.3 Å². The number of amides is 1. The monoisotopic (exact) mass is 620 g/mol. The number of likely N-dealkylation sites (N-methyl/N-ethyl adjacent to an activating group) is 1. The number of carbonyl (C=O) groups is 2. The number of methoxy groups -OCH3 is 2. The fraction of sp³-hybridized carbons (Fsp3) is 0.548. The Morgan fingerprint density at radius 3 is 2.57 bits per heavy atom. The zero-order valence-corrected chi connectivity index (χ0v) is 25.8. The van der Waals surface area contributed by atoms with Crippen LogP contribution in [0.2, 0.25) is 0 Å². The van der Waals surface area contributed by atoms with Crippen LogP contribution in [-0.4, -0.2) is 90.7 Å². The summed E-state index contributed by atoms with van der Waals surface area (Å²) < 4.78 is 50.2. The highest BCUT2D eigenvalue weighted by Gasteiger charge is 2.36. The molecule has 44 heavy (non-hydrogen) atoms. The number of aldehydes is 1. The van der Waals surface area contributed by atoms with E-state index >= 15 is 0 Å². The van der Waals surface area contributed by atoms with E-state index in [9.17, 15) is 22.8 Å². The Bertz CT molecular complexity index is 1290. The molecule has 1 saturated heterocycles. The van der Waals surface area contributed by atoms with Crippen LogP contribution < -0.4 is 10.5 Å². The predicted octanol–water partition coefficient (Wildman–Crippen LogP) is 4.55. The highest BCUT2D eigenvalue weighted by molar-refractivity contribution is 5.80. The van der Waals surface area contributed by atoms with Crippen LogP contribution in [-0.2, 0) is 22.6 Å². The minimum absolute atomic E-state index is 0.0626. The highest BCUT2D eigenvalue weighted by atomic mass is 19.4. The number of hydrogen-bond acceptors (Lipinski definition) is 8. The van der Waals surface area contributed by atoms with Gasteiger partial charge in [0.05, 0.1) is 37.1 Å². The molecule has 1 aromatic carbocycles. The molecule has 0 radical (unpaired) electrons. The third-order valence-electron chi connectivity index (χ3n) is 7.89. The summed E-state index contributed by atoms with van der Waals surface area (Å²) >= 11 is 0. The van der Waals surface area contributed by atoms with Crippen LogP contribution in [0.3, 0.4) is 0 Å². The number of aliphatic imine (C=N–C) groups is 1. The van der Waals surface area contributed by atoms with Gasteiger partial charge in [-0.3, -0.25) is 29.1 Å². The molecule has 3 atom stereocenters. The van der Waals surface area contributed by atoms with Gasteiger partial charge in [-0.1, -0.05) is 0 Å². The minimum atomic E-state index is -4.32. The summed E-state index contributed by atoms with van der Waals surface area (Å²) in [5.74, 6) is 0.286. The first-order valence-corrected chi connectivity index (χ1v) is 14.6. The fourth-order valence-corrected chi connectivity index (χ4v) is 5.18. The van der Waals surface area contributed by atoms with Crippen LogP contribution in [0.25, 0.3) is 0 Å². The number of carbonyl (C=O) groups excluding carboxylic acids is 2. The number of allylic oxidation sites excluding steroid dienone is 1. The second-order valence-electron chi connectivity index (χ2n) is 11.2. The van der Waals surface area contributed by atoms with E-state index in [4.69, 9.17) is 15.2 Å². The van der Waals surface area contributed by atoms with Gasteiger partial charge >= 0.3 is 6.18 Å². The molecule has 0 spiro atoms. The van der Waals surface area contributed by atoms with E-state index in [0.717, 1.165) is 49.7 Å². The maximum absolute atomic E-state index is 12.7. The molecule has 10 nitrogen and oxygen atoms in total. The lowest BCUT2D eigenvalue weighted by molar-refractivity contribution is -0.123. The fourth-order valence-electron chi connectivity index (χ4n) is 5.18. The molecular weight excluding hydrogens is 577 g/mol. The van der Waals surface area contributed by atoms with Gasteiger partial charge in [0.2, 0.25) is 5.91 Å². The van der Waals surface area contributed by atoms with E-state index in [2.05, 4.69) is 15.0 Å². The molecule has 0 saturated carbocycles. The smallest absolute Gasteiger partial charge is 0.414 e. The minimum Gasteiger partial charge on any atom is -0.497 e. The van der Waals surface area contributed by atoms with Crippen LogP contribution in [0.5, 0.6) is 5.75 Å². The number of halogens is 3. The molecule has 2 N–H and O–H groups in total. The second kappa shape index (κ2) is 16.5. The lowest BCUT2D eigenvalue weighted by Gasteiger charge is -2.27. The maximum Gasteiger partial charge on any atom is 0.414 e. The van der Waals surface area contributed by atoms with Crippen molar-refractivity contribution in [2.45, 2.75) is 76.5 Å². The molecule has 3 unspecified atom stereocenters. The van der Waals surface area contributed by atoms with Crippen molar-refractivity contribution in [3.63, 3.8) is 0 Å². The third-order valence-corrected chi connectivity index (χ3v) is 7.89. The number of nitrogens with two attached hydrogens (primary N) is 1. The van der Waals surface area contributed by atoms with Gasteiger partial charge in [-0.05, 0) is 76.5 Å². The SMILES string of the molecule is COc1ccc(C=O)c(CN(C)C(CCC(C)OC)C(N)=O)c1.FC(F)(F)C1=CN=CC(n2cc(CN3CCCC3)cn2)C1. The number of aromatic nitrogens is 2. The first kappa shape index (κ1) is 34.9. The van der Waals surface area contributed by atoms with Crippen molar-refractivity contribution in [3.05, 3.63) is 59.1 Å². The van der Waals surface area contributed by atoms with E-state index in [-0.39, 0.29) is 18.4 Å². The number of ether oxygens (including phenoxy) is 2. The molecule has 4 rings (SSSR count). The predicted molar refractivity (Wildman–Crippen MR) is 162 cm³/mol. The van der Waals surface area contributed by atoms with Crippen LogP contribution in [0, 0.1) is 0 Å². The Balaban J connectivity index is 0.000000241. The van der Waals surface area contributed by atoms with Gasteiger partial charge in [0, 0.05) is 56.4 Å². The Kier molecular flexibility index (Phi) is 13.1. The Morgan fingerprint density at radius 1 is 1.23 bits per heavy atom. The molecule has 0 aliphatic carbocycles. The molecule has 1 amide bonds. The van der Waals surface area contributed by atoms with Crippen molar-refractivity contribution >= 4 is 18.4 Å². The number of nitrogens with zero attached hydrogens (tertiary/aromatic N) is 5. The molecule has 13 heteroatoms. The van der Waals surface area contributed by atoms with Crippen molar-refractivity contribution in [1.29, 1.82) is 0 Å². The quantitative estimate of drug-likeness (QED) is 0.327. The van der Waals surface area contributed by atoms with Crippen molar-refractivity contribution < 1.29 is 32.2 Å². The number of hydrogen-bond donors (Lipinski definition) is 1. The molecule has 0 bridgehead atoms. The summed E-state index contributed by atoms with van der Waals surface area (Å²) in [5.41, 5.74) is 7.33. The van der Waals surface area contributed by atoms with Gasteiger partial charge in [-0.15, -0.1) is 0 Å². The van der Waals surface area contributed by atoms with Crippen LogP contribution in [0.4, 0.5) is 13.2 Å². The first-order chi connectivity index (χ1) is 20.9. The highest BCUT2D eigenvalue weighted by Crippen LogP contribution is 2.33. The van der Waals surface area contributed by atoms with E-state index in [1.54, 1.807) is 43.3 Å². The average molecular weight is 621 g/mol. The third kappa shape index (κ3) is 10.3. The number of benzene rings is 1. The summed E-state index contributed by atoms with van der Waals surface area (Å²) in [5, 5.41) is 4.20. The number of alkyl halides is 3. The summed E-state index contributed by atoms with van der Waals surface area (Å²) in [6, 6.07) is 4.37. The van der Waals surface area contributed by atoms with E-state index in [1.807, 2.05) is 25.1 Å². The second-order valence-corrected chi connectivity index (χ2v) is 11.2. The molecule has 2 aliphatic heterocycles. The number of rotatable bonds is 13. The first-order valence-electron chi connectivity index (χ1n) is 14.6. The van der Waals surface area contributed by atoms with Crippen LogP contribution in [0.1, 0.15) is 66.6 Å². The molecule has 242 valence electrons. The molecule has 1 fully saturated rings. The summed E-state index contributed by atoms with van der Waals surface area (Å²) in [6.45, 7) is 5.35. The van der Waals surface area contributed by atoms with Crippen molar-refractivity contribution in [2.75, 3.05) is 34.4 Å². The van der Waals surface area contributed by atoms with Gasteiger partial charge in [-0.2, -0.15) is 18.3 Å². The number of primary amides is 1. The van der Waals surface area contributed by atoms with E-state index < -0.39 is 23.8 Å². The lowest BCUT2D eigenvalue weighted by Crippen LogP contribution is -2.42. The summed E-state index contributed by atoms with van der Waals surface area (Å²) in [7, 11) is 5.03. The van der Waals surface area contributed by atoms with Gasteiger partial charge in [-0.25, -0.2) is 0 Å². The average Bonchev–Trinajstić information content (AvgIpc) is 3.69. The zero-order valence-electron chi connectivity index (χ0n) is 25.8. The summed E-state index contributed by atoms with van der Waals surface area (Å²) in [6.07, 6.45) is 6.15. The Labute approximate surface area is 256 Å². The lowest BCUT2D eigenvalue weighted by atomic mass is 10.0. The van der Waals surface area contributed by atoms with Crippen LogP contribution >= 0.6 is 0 Å². The molecule has 1 aromatic heterocycles. The van der Waals surface area contributed by atoms with Crippen molar-refractivity contribution in [1.82, 2.24) is 19.6 Å². The Hall–Kier alpha value is -3.55. The zero-order chi connectivity index (χ0) is 32.3. The molecule has 2 aliphatic rings. The van der Waals surface area contributed by atoms with E-state index in [1.165, 1.54) is 19.1 Å². The standard InChI is InChI=1S/C17H26N2O4.C14H17F3N4/c1-12(22-3)5-8-16(17(18)21)19(2)10-14-9-15(23-4)7-6-13(14)11-20;15-14(16,17)12-5-13(8-18-7-12)21-10-11(6-19-21)9-20-3-1-2-4-20/h6-7,9,11-12,16H,5,8,10H2,1-4H3,(H2,18,21);6-8,10,13H,1-5,9H2. The normalized spacial score (nSPS) is 18.4. The van der Waals surface area contributed by atoms with Crippen LogP contribution in [0.15, 0.2) is 47.4 Å². The maximum atomic E-state index is 12.7. The topological polar surface area (TPSA) is 115 Å². The molecular formula is C31H43F3N6O4.